The van der Waals surface area contributed by atoms with Crippen LogP contribution in [-0.2, 0) is 6.54 Å². The third-order valence-electron chi connectivity index (χ3n) is 2.73. The van der Waals surface area contributed by atoms with Crippen LogP contribution in [0.2, 0.25) is 0 Å². The van der Waals surface area contributed by atoms with Crippen molar-refractivity contribution in [2.45, 2.75) is 6.54 Å². The van der Waals surface area contributed by atoms with Gasteiger partial charge in [0.25, 0.3) is 5.56 Å². The Morgan fingerprint density at radius 2 is 2.20 bits per heavy atom. The van der Waals surface area contributed by atoms with Crippen LogP contribution in [0.25, 0.3) is 11.1 Å². The van der Waals surface area contributed by atoms with E-state index in [-0.39, 0.29) is 12.4 Å². The number of nitrogens with one attached hydrogen (secondary N) is 1. The van der Waals surface area contributed by atoms with Crippen LogP contribution in [-0.4, -0.2) is 14.5 Å². The zero-order chi connectivity index (χ0) is 14.3. The molecule has 8 heteroatoms. The Balaban J connectivity index is 2.03. The van der Waals surface area contributed by atoms with E-state index >= 15 is 0 Å². The molecule has 0 atom stereocenters. The van der Waals surface area contributed by atoms with E-state index in [1.807, 2.05) is 4.98 Å². The number of nitrogens with zero attached hydrogens (tertiary/aromatic N) is 2. The lowest BCUT2D eigenvalue weighted by molar-refractivity contribution is 0.488. The number of aromatic amines is 1. The predicted octanol–water partition coefficient (Wildman–Crippen LogP) is 0.447. The summed E-state index contributed by atoms with van der Waals surface area (Å²) in [7, 11) is 0. The average Bonchev–Trinajstić information content (AvgIpc) is 2.77. The second-order valence-electron chi connectivity index (χ2n) is 4.20. The monoisotopic (exact) mass is 276 g/mol. The summed E-state index contributed by atoms with van der Waals surface area (Å²) >= 11 is 0. The summed E-state index contributed by atoms with van der Waals surface area (Å²) in [4.78, 5) is 28.4. The molecular weight excluding hydrogens is 267 g/mol. The molecule has 0 saturated heterocycles. The number of benzene rings is 1. The largest absolute Gasteiger partial charge is 0.439 e. The summed E-state index contributed by atoms with van der Waals surface area (Å²) < 4.78 is 19.5. The number of aromatic nitrogens is 3. The molecule has 3 aromatic rings. The lowest BCUT2D eigenvalue weighted by Gasteiger charge is -2.00. The van der Waals surface area contributed by atoms with Gasteiger partial charge in [-0.2, -0.15) is 4.39 Å². The van der Waals surface area contributed by atoms with Gasteiger partial charge < -0.3 is 10.2 Å². The van der Waals surface area contributed by atoms with Gasteiger partial charge in [-0.3, -0.25) is 14.3 Å². The summed E-state index contributed by atoms with van der Waals surface area (Å²) in [6.07, 6.45) is 0.810. The standard InChI is InChI=1S/C12H9FN4O3/c13-7-4-17(12(19)16-11(7)18)5-10-15-8-3-6(14)1-2-9(8)20-10/h1-4H,5,14H2,(H,16,18,19). The third-order valence-corrected chi connectivity index (χ3v) is 2.73. The lowest BCUT2D eigenvalue weighted by Crippen LogP contribution is -2.31. The first-order chi connectivity index (χ1) is 9.52. The van der Waals surface area contributed by atoms with Crippen LogP contribution in [0.4, 0.5) is 10.1 Å². The first kappa shape index (κ1) is 12.2. The van der Waals surface area contributed by atoms with Crippen molar-refractivity contribution in [1.29, 1.82) is 0 Å². The summed E-state index contributed by atoms with van der Waals surface area (Å²) in [6, 6.07) is 4.93. The average molecular weight is 276 g/mol. The number of nitrogens with two attached hydrogens (primary N) is 1. The molecule has 1 aromatic carbocycles. The Morgan fingerprint density at radius 3 is 3.00 bits per heavy atom. The Bertz CT molecular complexity index is 909. The molecule has 0 saturated carbocycles. The number of hydrogen-bond acceptors (Lipinski definition) is 5. The van der Waals surface area contributed by atoms with Crippen LogP contribution < -0.4 is 17.0 Å². The number of oxazole rings is 1. The second kappa shape index (κ2) is 4.34. The van der Waals surface area contributed by atoms with Gasteiger partial charge >= 0.3 is 5.69 Å². The minimum atomic E-state index is -1.06. The Kier molecular flexibility index (Phi) is 2.63. The molecule has 0 aliphatic carbocycles. The van der Waals surface area contributed by atoms with E-state index in [2.05, 4.69) is 4.98 Å². The highest BCUT2D eigenvalue weighted by molar-refractivity contribution is 5.76. The molecule has 102 valence electrons. The smallest absolute Gasteiger partial charge is 0.328 e. The molecular formula is C12H9FN4O3. The molecule has 0 aliphatic heterocycles. The van der Waals surface area contributed by atoms with Crippen molar-refractivity contribution in [2.75, 3.05) is 5.73 Å². The Morgan fingerprint density at radius 1 is 1.40 bits per heavy atom. The van der Waals surface area contributed by atoms with E-state index in [1.54, 1.807) is 18.2 Å². The maximum Gasteiger partial charge on any atom is 0.328 e. The minimum Gasteiger partial charge on any atom is -0.439 e. The van der Waals surface area contributed by atoms with Crippen LogP contribution in [0.3, 0.4) is 0 Å². The van der Waals surface area contributed by atoms with Crippen molar-refractivity contribution in [3.05, 3.63) is 56.9 Å². The van der Waals surface area contributed by atoms with E-state index in [0.717, 1.165) is 10.8 Å². The SMILES string of the molecule is Nc1ccc2oc(Cn3cc(F)c(=O)[nH]c3=O)nc2c1. The first-order valence-corrected chi connectivity index (χ1v) is 5.67. The number of anilines is 1. The van der Waals surface area contributed by atoms with Crippen LogP contribution >= 0.6 is 0 Å². The van der Waals surface area contributed by atoms with Crippen molar-refractivity contribution in [2.24, 2.45) is 0 Å². The van der Waals surface area contributed by atoms with E-state index in [4.69, 9.17) is 10.2 Å². The maximum absolute atomic E-state index is 13.1. The highest BCUT2D eigenvalue weighted by Gasteiger charge is 2.09. The molecule has 0 fully saturated rings. The lowest BCUT2D eigenvalue weighted by atomic mass is 10.3. The van der Waals surface area contributed by atoms with Crippen molar-refractivity contribution in [3.63, 3.8) is 0 Å². The fourth-order valence-corrected chi connectivity index (χ4v) is 1.81. The zero-order valence-electron chi connectivity index (χ0n) is 10.1. The highest BCUT2D eigenvalue weighted by Crippen LogP contribution is 2.18. The van der Waals surface area contributed by atoms with Gasteiger partial charge in [0.05, 0.1) is 6.20 Å². The number of rotatable bonds is 2. The van der Waals surface area contributed by atoms with Gasteiger partial charge in [-0.1, -0.05) is 0 Å². The van der Waals surface area contributed by atoms with Gasteiger partial charge in [-0.25, -0.2) is 9.78 Å². The quantitative estimate of drug-likeness (QED) is 0.661. The van der Waals surface area contributed by atoms with Crippen LogP contribution in [0.15, 0.2) is 38.4 Å². The Labute approximate surface area is 110 Å². The van der Waals surface area contributed by atoms with Gasteiger partial charge in [0.2, 0.25) is 11.7 Å². The van der Waals surface area contributed by atoms with Crippen molar-refractivity contribution in [1.82, 2.24) is 14.5 Å². The highest BCUT2D eigenvalue weighted by atomic mass is 19.1. The molecule has 0 aliphatic rings. The summed E-state index contributed by atoms with van der Waals surface area (Å²) in [5.41, 5.74) is 5.40. The van der Waals surface area contributed by atoms with Gasteiger partial charge in [0.1, 0.15) is 12.1 Å². The molecule has 0 spiro atoms. The molecule has 7 nitrogen and oxygen atoms in total. The molecule has 3 rings (SSSR count). The van der Waals surface area contributed by atoms with Gasteiger partial charge in [-0.05, 0) is 18.2 Å². The molecule has 2 aromatic heterocycles. The first-order valence-electron chi connectivity index (χ1n) is 5.67. The van der Waals surface area contributed by atoms with Crippen molar-refractivity contribution in [3.8, 4) is 0 Å². The van der Waals surface area contributed by atoms with Crippen LogP contribution in [0.1, 0.15) is 5.89 Å². The second-order valence-corrected chi connectivity index (χ2v) is 4.20. The van der Waals surface area contributed by atoms with Crippen molar-refractivity contribution < 1.29 is 8.81 Å². The Hall–Kier alpha value is -2.90. The van der Waals surface area contributed by atoms with Crippen LogP contribution in [0.5, 0.6) is 0 Å². The fourth-order valence-electron chi connectivity index (χ4n) is 1.81. The third kappa shape index (κ3) is 2.07. The summed E-state index contributed by atoms with van der Waals surface area (Å²) in [6.45, 7) is -0.0961. The molecule has 0 bridgehead atoms. The topological polar surface area (TPSA) is 107 Å². The van der Waals surface area contributed by atoms with E-state index in [0.29, 0.717) is 16.8 Å². The summed E-state index contributed by atoms with van der Waals surface area (Å²) in [5, 5.41) is 0. The minimum absolute atomic E-state index is 0.0961. The molecule has 0 radical (unpaired) electrons. The van der Waals surface area contributed by atoms with Gasteiger partial charge in [-0.15, -0.1) is 0 Å². The fraction of sp³-hybridized carbons (Fsp3) is 0.0833. The zero-order valence-corrected chi connectivity index (χ0v) is 10.1. The number of fused-ring (bicyclic) bond motifs is 1. The van der Waals surface area contributed by atoms with Gasteiger partial charge in [0.15, 0.2) is 5.58 Å². The maximum atomic E-state index is 13.1. The number of nitrogen functional groups attached to an aromatic ring is 1. The normalized spacial score (nSPS) is 11.1. The number of halogens is 1. The number of H-pyrrole nitrogens is 1. The van der Waals surface area contributed by atoms with Crippen LogP contribution in [0, 0.1) is 5.82 Å². The van der Waals surface area contributed by atoms with E-state index < -0.39 is 17.1 Å². The van der Waals surface area contributed by atoms with Crippen molar-refractivity contribution >= 4 is 16.8 Å². The summed E-state index contributed by atoms with van der Waals surface area (Å²) in [5.74, 6) is -0.843. The van der Waals surface area contributed by atoms with Gasteiger partial charge in [0, 0.05) is 5.69 Å². The molecule has 3 N–H and O–H groups in total. The molecule has 0 unspecified atom stereocenters. The number of hydrogen-bond donors (Lipinski definition) is 2. The molecule has 2 heterocycles. The molecule has 0 amide bonds. The van der Waals surface area contributed by atoms with E-state index in [1.165, 1.54) is 0 Å². The molecule has 20 heavy (non-hydrogen) atoms. The predicted molar refractivity (Wildman–Crippen MR) is 68.8 cm³/mol. The van der Waals surface area contributed by atoms with E-state index in [9.17, 15) is 14.0 Å².